The molecule has 20 heavy (non-hydrogen) atoms. The number of nitrogens with one attached hydrogen (secondary N) is 1. The number of hydrogen-bond acceptors (Lipinski definition) is 6. The summed E-state index contributed by atoms with van der Waals surface area (Å²) < 4.78 is 5.24. The number of aromatic nitrogens is 1. The quantitative estimate of drug-likeness (QED) is 0.823. The number of rotatable bonds is 5. The Kier molecular flexibility index (Phi) is 4.46. The molecular weight excluding hydrogens is 298 g/mol. The molecule has 0 spiro atoms. The van der Waals surface area contributed by atoms with Gasteiger partial charge >= 0.3 is 0 Å². The van der Waals surface area contributed by atoms with E-state index in [4.69, 9.17) is 22.1 Å². The first-order chi connectivity index (χ1) is 9.55. The normalized spacial score (nSPS) is 10.3. The summed E-state index contributed by atoms with van der Waals surface area (Å²) in [7, 11) is 1.57. The van der Waals surface area contributed by atoms with Crippen molar-refractivity contribution in [1.29, 1.82) is 0 Å². The summed E-state index contributed by atoms with van der Waals surface area (Å²) in [5.41, 5.74) is 6.42. The van der Waals surface area contributed by atoms with E-state index in [0.29, 0.717) is 32.9 Å². The van der Waals surface area contributed by atoms with Crippen LogP contribution in [0.4, 0.5) is 16.6 Å². The summed E-state index contributed by atoms with van der Waals surface area (Å²) >= 11 is 7.17. The second-order valence-corrected chi connectivity index (χ2v) is 5.42. The Balaban J connectivity index is 2.31. The van der Waals surface area contributed by atoms with Gasteiger partial charge in [-0.1, -0.05) is 29.9 Å². The van der Waals surface area contributed by atoms with E-state index in [1.165, 1.54) is 11.3 Å². The van der Waals surface area contributed by atoms with E-state index in [2.05, 4.69) is 10.3 Å². The molecule has 7 heteroatoms. The van der Waals surface area contributed by atoms with Crippen molar-refractivity contribution in [3.63, 3.8) is 0 Å². The minimum absolute atomic E-state index is 0.0221. The largest absolute Gasteiger partial charge is 0.495 e. The molecule has 2 rings (SSSR count). The number of halogens is 1. The minimum atomic E-state index is -0.0221. The zero-order valence-corrected chi connectivity index (χ0v) is 12.6. The Morgan fingerprint density at radius 3 is 2.95 bits per heavy atom. The number of ketones is 1. The molecule has 0 bridgehead atoms. The number of carbonyl (C=O) groups excluding carboxylic acids is 1. The average Bonchev–Trinajstić information content (AvgIpc) is 2.79. The van der Waals surface area contributed by atoms with Crippen LogP contribution in [-0.2, 0) is 0 Å². The second kappa shape index (κ2) is 6.11. The van der Waals surface area contributed by atoms with E-state index in [-0.39, 0.29) is 11.6 Å². The van der Waals surface area contributed by atoms with Crippen LogP contribution in [-0.4, -0.2) is 17.9 Å². The summed E-state index contributed by atoms with van der Waals surface area (Å²) in [4.78, 5) is 16.3. The van der Waals surface area contributed by atoms with Crippen LogP contribution in [0.5, 0.6) is 5.75 Å². The molecule has 0 radical (unpaired) electrons. The zero-order valence-electron chi connectivity index (χ0n) is 11.1. The Morgan fingerprint density at radius 1 is 1.55 bits per heavy atom. The fourth-order valence-electron chi connectivity index (χ4n) is 1.64. The number of anilines is 3. The van der Waals surface area contributed by atoms with Crippen molar-refractivity contribution in [3.05, 3.63) is 28.1 Å². The Morgan fingerprint density at radius 2 is 2.30 bits per heavy atom. The lowest BCUT2D eigenvalue weighted by molar-refractivity contribution is 0.0992. The molecule has 2 aromatic rings. The molecule has 0 fully saturated rings. The fraction of sp³-hybridized carbons (Fsp3) is 0.231. The molecule has 0 amide bonds. The van der Waals surface area contributed by atoms with Gasteiger partial charge in [-0.2, -0.15) is 0 Å². The number of benzene rings is 1. The molecule has 1 aromatic carbocycles. The van der Waals surface area contributed by atoms with Gasteiger partial charge in [0.05, 0.1) is 12.8 Å². The number of Topliss-reactive ketones (excluding diaryl/α,β-unsaturated/α-hetero) is 1. The standard InChI is InChI=1S/C13H14ClN3O2S/c1-3-9(18)11-12(15)17-13(20-11)16-8-6-7(14)4-5-10(8)19-2/h4-6H,3,15H2,1-2H3,(H,16,17). The van der Waals surface area contributed by atoms with Crippen LogP contribution in [0.1, 0.15) is 23.0 Å². The van der Waals surface area contributed by atoms with Crippen LogP contribution in [0, 0.1) is 0 Å². The maximum Gasteiger partial charge on any atom is 0.189 e. The molecule has 0 unspecified atom stereocenters. The molecule has 0 aliphatic heterocycles. The third-order valence-corrected chi connectivity index (χ3v) is 3.89. The van der Waals surface area contributed by atoms with Crippen molar-refractivity contribution in [2.45, 2.75) is 13.3 Å². The Bertz CT molecular complexity index is 643. The number of carbonyl (C=O) groups is 1. The second-order valence-electron chi connectivity index (χ2n) is 3.98. The lowest BCUT2D eigenvalue weighted by atomic mass is 10.3. The fourth-order valence-corrected chi connectivity index (χ4v) is 2.72. The lowest BCUT2D eigenvalue weighted by Gasteiger charge is -2.09. The van der Waals surface area contributed by atoms with Crippen LogP contribution in [0.3, 0.4) is 0 Å². The monoisotopic (exact) mass is 311 g/mol. The predicted octanol–water partition coefficient (Wildman–Crippen LogP) is 3.72. The van der Waals surface area contributed by atoms with Gasteiger partial charge in [-0.3, -0.25) is 4.79 Å². The van der Waals surface area contributed by atoms with Gasteiger partial charge in [-0.15, -0.1) is 0 Å². The number of thiazole rings is 1. The first kappa shape index (κ1) is 14.6. The number of nitrogens with zero attached hydrogens (tertiary/aromatic N) is 1. The molecule has 5 nitrogen and oxygen atoms in total. The van der Waals surface area contributed by atoms with Crippen molar-refractivity contribution in [3.8, 4) is 5.75 Å². The van der Waals surface area contributed by atoms with E-state index in [0.717, 1.165) is 0 Å². The van der Waals surface area contributed by atoms with E-state index in [1.54, 1.807) is 32.2 Å². The topological polar surface area (TPSA) is 77.2 Å². The van der Waals surface area contributed by atoms with Gasteiger partial charge < -0.3 is 15.8 Å². The van der Waals surface area contributed by atoms with Crippen LogP contribution in [0.15, 0.2) is 18.2 Å². The van der Waals surface area contributed by atoms with Gasteiger partial charge in [0.15, 0.2) is 10.9 Å². The van der Waals surface area contributed by atoms with Crippen LogP contribution in [0.2, 0.25) is 5.02 Å². The molecular formula is C13H14ClN3O2S. The highest BCUT2D eigenvalue weighted by molar-refractivity contribution is 7.18. The average molecular weight is 312 g/mol. The molecule has 3 N–H and O–H groups in total. The highest BCUT2D eigenvalue weighted by Gasteiger charge is 2.15. The predicted molar refractivity (Wildman–Crippen MR) is 82.4 cm³/mol. The van der Waals surface area contributed by atoms with Gasteiger partial charge in [0, 0.05) is 11.4 Å². The zero-order chi connectivity index (χ0) is 14.7. The molecule has 0 aliphatic rings. The molecule has 0 saturated carbocycles. The van der Waals surface area contributed by atoms with Crippen LogP contribution < -0.4 is 15.8 Å². The minimum Gasteiger partial charge on any atom is -0.495 e. The van der Waals surface area contributed by atoms with Crippen molar-refractivity contribution < 1.29 is 9.53 Å². The summed E-state index contributed by atoms with van der Waals surface area (Å²) in [5.74, 6) is 0.850. The molecule has 0 saturated heterocycles. The third-order valence-electron chi connectivity index (χ3n) is 2.63. The highest BCUT2D eigenvalue weighted by atomic mass is 35.5. The molecule has 0 aliphatic carbocycles. The Hall–Kier alpha value is -1.79. The first-order valence-electron chi connectivity index (χ1n) is 5.95. The first-order valence-corrected chi connectivity index (χ1v) is 7.14. The van der Waals surface area contributed by atoms with Crippen molar-refractivity contribution in [2.75, 3.05) is 18.2 Å². The van der Waals surface area contributed by atoms with Gasteiger partial charge in [-0.25, -0.2) is 4.98 Å². The number of nitrogens with two attached hydrogens (primary N) is 1. The molecule has 1 heterocycles. The van der Waals surface area contributed by atoms with E-state index in [1.807, 2.05) is 0 Å². The van der Waals surface area contributed by atoms with Crippen molar-refractivity contribution >= 4 is 45.4 Å². The van der Waals surface area contributed by atoms with E-state index < -0.39 is 0 Å². The number of nitrogen functional groups attached to an aromatic ring is 1. The van der Waals surface area contributed by atoms with Gasteiger partial charge in [0.1, 0.15) is 16.4 Å². The SMILES string of the molecule is CCC(=O)c1sc(Nc2cc(Cl)ccc2OC)nc1N. The number of methoxy groups -OCH3 is 1. The smallest absolute Gasteiger partial charge is 0.189 e. The molecule has 0 atom stereocenters. The summed E-state index contributed by atoms with van der Waals surface area (Å²) in [6, 6.07) is 5.20. The highest BCUT2D eigenvalue weighted by Crippen LogP contribution is 2.34. The van der Waals surface area contributed by atoms with Gasteiger partial charge in [0.2, 0.25) is 0 Å². The van der Waals surface area contributed by atoms with Crippen LogP contribution in [0.25, 0.3) is 0 Å². The molecule has 106 valence electrons. The maximum absolute atomic E-state index is 11.7. The summed E-state index contributed by atoms with van der Waals surface area (Å²) in [5, 5.41) is 4.17. The lowest BCUT2D eigenvalue weighted by Crippen LogP contribution is -1.98. The van der Waals surface area contributed by atoms with Gasteiger partial charge in [-0.05, 0) is 18.2 Å². The summed E-state index contributed by atoms with van der Waals surface area (Å²) in [6.07, 6.45) is 0.395. The number of hydrogen-bond donors (Lipinski definition) is 2. The van der Waals surface area contributed by atoms with Gasteiger partial charge in [0.25, 0.3) is 0 Å². The van der Waals surface area contributed by atoms with Crippen LogP contribution >= 0.6 is 22.9 Å². The number of ether oxygens (including phenoxy) is 1. The maximum atomic E-state index is 11.7. The van der Waals surface area contributed by atoms with E-state index in [9.17, 15) is 4.79 Å². The Labute approximate surface area is 125 Å². The van der Waals surface area contributed by atoms with E-state index >= 15 is 0 Å². The van der Waals surface area contributed by atoms with Crippen molar-refractivity contribution in [2.24, 2.45) is 0 Å². The van der Waals surface area contributed by atoms with Crippen molar-refractivity contribution in [1.82, 2.24) is 4.98 Å². The summed E-state index contributed by atoms with van der Waals surface area (Å²) in [6.45, 7) is 1.79. The molecule has 1 aromatic heterocycles. The third kappa shape index (κ3) is 3.02.